The molecule has 1 amide bonds. The molecule has 1 saturated heterocycles. The number of rotatable bonds is 7. The number of carbonyl (C=O) groups excluding carboxylic acids is 1. The van der Waals surface area contributed by atoms with Gasteiger partial charge in [0.05, 0.1) is 18.7 Å². The van der Waals surface area contributed by atoms with E-state index in [0.29, 0.717) is 6.54 Å². The Kier molecular flexibility index (Phi) is 7.46. The number of nitriles is 1. The van der Waals surface area contributed by atoms with Gasteiger partial charge in [-0.25, -0.2) is 0 Å². The van der Waals surface area contributed by atoms with Crippen molar-refractivity contribution in [2.24, 2.45) is 0 Å². The third-order valence-corrected chi connectivity index (χ3v) is 3.50. The van der Waals surface area contributed by atoms with Gasteiger partial charge in [0.15, 0.2) is 0 Å². The minimum atomic E-state index is 0.0427. The molecule has 0 aromatic carbocycles. The van der Waals surface area contributed by atoms with E-state index in [1.165, 1.54) is 0 Å². The molecular weight excluding hydrogens is 240 g/mol. The average molecular weight is 266 g/mol. The maximum Gasteiger partial charge on any atom is 0.234 e. The number of nitrogens with one attached hydrogen (secondary N) is 1. The first-order valence-corrected chi connectivity index (χ1v) is 7.34. The molecule has 0 aliphatic carbocycles. The molecule has 108 valence electrons. The zero-order valence-electron chi connectivity index (χ0n) is 12.2. The fraction of sp³-hybridized carbons (Fsp3) is 0.857. The van der Waals surface area contributed by atoms with Crippen LogP contribution in [0.4, 0.5) is 0 Å². The third kappa shape index (κ3) is 5.58. The summed E-state index contributed by atoms with van der Waals surface area (Å²) in [5.74, 6) is 0.112. The molecule has 0 aromatic heterocycles. The highest BCUT2D eigenvalue weighted by molar-refractivity contribution is 5.77. The van der Waals surface area contributed by atoms with Crippen LogP contribution in [0.2, 0.25) is 0 Å². The van der Waals surface area contributed by atoms with Crippen molar-refractivity contribution >= 4 is 5.91 Å². The lowest BCUT2D eigenvalue weighted by Crippen LogP contribution is -2.52. The maximum absolute atomic E-state index is 11.6. The number of piperazine rings is 1. The summed E-state index contributed by atoms with van der Waals surface area (Å²) in [6.07, 6.45) is 2.95. The Hall–Kier alpha value is -1.12. The number of amides is 1. The largest absolute Gasteiger partial charge is 0.355 e. The van der Waals surface area contributed by atoms with Crippen LogP contribution in [0.3, 0.4) is 0 Å². The predicted octanol–water partition coefficient (Wildman–Crippen LogP) is 0.822. The van der Waals surface area contributed by atoms with Crippen LogP contribution in [0.25, 0.3) is 0 Å². The molecule has 1 fully saturated rings. The standard InChI is InChI=1S/C14H26N4O/c1-3-5-13(11-15)18-9-7-17(8-10-18)12-14(19)16-6-4-2/h13H,3-10,12H2,1-2H3,(H,16,19). The molecule has 0 aromatic rings. The van der Waals surface area contributed by atoms with Crippen molar-refractivity contribution < 1.29 is 4.79 Å². The monoisotopic (exact) mass is 266 g/mol. The van der Waals surface area contributed by atoms with E-state index >= 15 is 0 Å². The Bertz CT molecular complexity index is 305. The lowest BCUT2D eigenvalue weighted by Gasteiger charge is -2.36. The van der Waals surface area contributed by atoms with E-state index in [4.69, 9.17) is 5.26 Å². The summed E-state index contributed by atoms with van der Waals surface area (Å²) in [6, 6.07) is 2.43. The SMILES string of the molecule is CCCNC(=O)CN1CCN(C(C#N)CCC)CC1. The fourth-order valence-corrected chi connectivity index (χ4v) is 2.36. The zero-order valence-corrected chi connectivity index (χ0v) is 12.2. The van der Waals surface area contributed by atoms with Gasteiger partial charge in [-0.3, -0.25) is 14.6 Å². The Balaban J connectivity index is 2.28. The molecule has 1 N–H and O–H groups in total. The molecule has 5 nitrogen and oxygen atoms in total. The van der Waals surface area contributed by atoms with Crippen molar-refractivity contribution in [1.82, 2.24) is 15.1 Å². The minimum Gasteiger partial charge on any atom is -0.355 e. The molecule has 1 unspecified atom stereocenters. The van der Waals surface area contributed by atoms with Crippen molar-refractivity contribution in [3.63, 3.8) is 0 Å². The lowest BCUT2D eigenvalue weighted by molar-refractivity contribution is -0.122. The molecule has 1 rings (SSSR count). The van der Waals surface area contributed by atoms with E-state index in [2.05, 4.69) is 35.0 Å². The third-order valence-electron chi connectivity index (χ3n) is 3.50. The van der Waals surface area contributed by atoms with Crippen LogP contribution in [-0.2, 0) is 4.79 Å². The van der Waals surface area contributed by atoms with Crippen molar-refractivity contribution in [2.45, 2.75) is 39.2 Å². The first kappa shape index (κ1) is 15.9. The van der Waals surface area contributed by atoms with E-state index in [9.17, 15) is 4.79 Å². The molecule has 0 radical (unpaired) electrons. The second-order valence-electron chi connectivity index (χ2n) is 5.10. The van der Waals surface area contributed by atoms with Gasteiger partial charge in [0.25, 0.3) is 0 Å². The van der Waals surface area contributed by atoms with E-state index in [1.807, 2.05) is 0 Å². The van der Waals surface area contributed by atoms with Crippen LogP contribution in [0.15, 0.2) is 0 Å². The van der Waals surface area contributed by atoms with Gasteiger partial charge in [-0.1, -0.05) is 20.3 Å². The molecule has 1 aliphatic rings. The Morgan fingerprint density at radius 1 is 1.26 bits per heavy atom. The van der Waals surface area contributed by atoms with Gasteiger partial charge in [0.2, 0.25) is 5.91 Å². The topological polar surface area (TPSA) is 59.4 Å². The van der Waals surface area contributed by atoms with Gasteiger partial charge in [0, 0.05) is 32.7 Å². The number of carbonyl (C=O) groups is 1. The second-order valence-corrected chi connectivity index (χ2v) is 5.10. The van der Waals surface area contributed by atoms with Crippen molar-refractivity contribution in [3.05, 3.63) is 0 Å². The molecule has 1 aliphatic heterocycles. The molecular formula is C14H26N4O. The first-order chi connectivity index (χ1) is 9.21. The summed E-state index contributed by atoms with van der Waals surface area (Å²) in [6.45, 7) is 8.93. The van der Waals surface area contributed by atoms with Crippen LogP contribution in [0, 0.1) is 11.3 Å². The zero-order chi connectivity index (χ0) is 14.1. The van der Waals surface area contributed by atoms with Gasteiger partial charge in [0.1, 0.15) is 0 Å². The quantitative estimate of drug-likeness (QED) is 0.741. The minimum absolute atomic E-state index is 0.0427. The van der Waals surface area contributed by atoms with Crippen molar-refractivity contribution in [3.8, 4) is 6.07 Å². The van der Waals surface area contributed by atoms with E-state index in [-0.39, 0.29) is 11.9 Å². The number of nitrogens with zero attached hydrogens (tertiary/aromatic N) is 3. The number of hydrogen-bond donors (Lipinski definition) is 1. The van der Waals surface area contributed by atoms with Gasteiger partial charge in [-0.05, 0) is 12.8 Å². The predicted molar refractivity (Wildman–Crippen MR) is 75.6 cm³/mol. The van der Waals surface area contributed by atoms with Crippen LogP contribution < -0.4 is 5.32 Å². The van der Waals surface area contributed by atoms with Gasteiger partial charge >= 0.3 is 0 Å². The fourth-order valence-electron chi connectivity index (χ4n) is 2.36. The summed E-state index contributed by atoms with van der Waals surface area (Å²) in [7, 11) is 0. The van der Waals surface area contributed by atoms with Crippen molar-refractivity contribution in [1.29, 1.82) is 5.26 Å². The van der Waals surface area contributed by atoms with Crippen molar-refractivity contribution in [2.75, 3.05) is 39.3 Å². The molecule has 5 heteroatoms. The van der Waals surface area contributed by atoms with E-state index in [0.717, 1.165) is 52.0 Å². The van der Waals surface area contributed by atoms with Gasteiger partial charge < -0.3 is 5.32 Å². The van der Waals surface area contributed by atoms with Crippen LogP contribution in [0.5, 0.6) is 0 Å². The van der Waals surface area contributed by atoms with Gasteiger partial charge in [-0.15, -0.1) is 0 Å². The highest BCUT2D eigenvalue weighted by atomic mass is 16.2. The number of hydrogen-bond acceptors (Lipinski definition) is 4. The molecule has 0 saturated carbocycles. The van der Waals surface area contributed by atoms with Gasteiger partial charge in [-0.2, -0.15) is 5.26 Å². The smallest absolute Gasteiger partial charge is 0.234 e. The average Bonchev–Trinajstić information content (AvgIpc) is 2.43. The highest BCUT2D eigenvalue weighted by Crippen LogP contribution is 2.10. The van der Waals surface area contributed by atoms with Crippen LogP contribution in [0.1, 0.15) is 33.1 Å². The maximum atomic E-state index is 11.6. The Morgan fingerprint density at radius 2 is 1.95 bits per heavy atom. The molecule has 0 spiro atoms. The summed E-state index contributed by atoms with van der Waals surface area (Å²) in [4.78, 5) is 16.0. The van der Waals surface area contributed by atoms with E-state index < -0.39 is 0 Å². The molecule has 0 bridgehead atoms. The first-order valence-electron chi connectivity index (χ1n) is 7.34. The van der Waals surface area contributed by atoms with Crippen LogP contribution in [-0.4, -0.2) is 61.0 Å². The Labute approximate surface area is 116 Å². The van der Waals surface area contributed by atoms with E-state index in [1.54, 1.807) is 0 Å². The molecule has 1 heterocycles. The summed E-state index contributed by atoms with van der Waals surface area (Å²) in [5, 5.41) is 12.0. The normalized spacial score (nSPS) is 18.8. The van der Waals surface area contributed by atoms with Crippen LogP contribution >= 0.6 is 0 Å². The highest BCUT2D eigenvalue weighted by Gasteiger charge is 2.23. The summed E-state index contributed by atoms with van der Waals surface area (Å²) in [5.41, 5.74) is 0. The Morgan fingerprint density at radius 3 is 2.47 bits per heavy atom. The summed E-state index contributed by atoms with van der Waals surface area (Å²) >= 11 is 0. The lowest BCUT2D eigenvalue weighted by atomic mass is 10.1. The molecule has 1 atom stereocenters. The summed E-state index contributed by atoms with van der Waals surface area (Å²) < 4.78 is 0. The molecule has 19 heavy (non-hydrogen) atoms. The second kappa shape index (κ2) is 8.89.